The molecule has 25 heavy (non-hydrogen) atoms. The number of aryl methyl sites for hydroxylation is 1. The summed E-state index contributed by atoms with van der Waals surface area (Å²) in [5.41, 5.74) is 5.69. The van der Waals surface area contributed by atoms with Crippen LogP contribution in [0.5, 0.6) is 5.75 Å². The number of nitrogens with zero attached hydrogens (tertiary/aromatic N) is 2. The van der Waals surface area contributed by atoms with Crippen molar-refractivity contribution in [2.75, 3.05) is 19.0 Å². The molecule has 2 heterocycles. The minimum Gasteiger partial charge on any atom is -0.496 e. The summed E-state index contributed by atoms with van der Waals surface area (Å²) >= 11 is 0. The van der Waals surface area contributed by atoms with Gasteiger partial charge in [-0.2, -0.15) is 5.10 Å². The fraction of sp³-hybridized carbons (Fsp3) is 0.286. The van der Waals surface area contributed by atoms with Crippen molar-refractivity contribution >= 4 is 5.82 Å². The van der Waals surface area contributed by atoms with Crippen LogP contribution in [0.15, 0.2) is 48.5 Å². The topological polar surface area (TPSA) is 39.1 Å². The minimum atomic E-state index is 0.865. The first-order valence-corrected chi connectivity index (χ1v) is 8.85. The Morgan fingerprint density at radius 1 is 1.04 bits per heavy atom. The van der Waals surface area contributed by atoms with Crippen molar-refractivity contribution in [3.8, 4) is 22.7 Å². The second-order valence-electron chi connectivity index (χ2n) is 6.46. The molecule has 3 aromatic rings. The minimum absolute atomic E-state index is 0.865. The maximum Gasteiger partial charge on any atom is 0.133 e. The highest BCUT2D eigenvalue weighted by molar-refractivity contribution is 5.75. The van der Waals surface area contributed by atoms with E-state index in [1.54, 1.807) is 7.11 Å². The molecular weight excluding hydrogens is 310 g/mol. The zero-order chi connectivity index (χ0) is 17.2. The number of methoxy groups -OCH3 is 1. The fourth-order valence-electron chi connectivity index (χ4n) is 3.53. The normalized spacial score (nSPS) is 13.7. The smallest absolute Gasteiger partial charge is 0.133 e. The summed E-state index contributed by atoms with van der Waals surface area (Å²) in [5, 5.41) is 8.62. The Morgan fingerprint density at radius 2 is 1.84 bits per heavy atom. The van der Waals surface area contributed by atoms with Gasteiger partial charge in [0.25, 0.3) is 0 Å². The number of aromatic nitrogens is 2. The number of ether oxygens (including phenoxy) is 1. The summed E-state index contributed by atoms with van der Waals surface area (Å²) in [6, 6.07) is 16.5. The van der Waals surface area contributed by atoms with Crippen molar-refractivity contribution in [3.05, 3.63) is 59.7 Å². The van der Waals surface area contributed by atoms with Gasteiger partial charge >= 0.3 is 0 Å². The number of hydrogen-bond acceptors (Lipinski definition) is 3. The monoisotopic (exact) mass is 333 g/mol. The van der Waals surface area contributed by atoms with Crippen molar-refractivity contribution in [1.29, 1.82) is 0 Å². The third-order valence-corrected chi connectivity index (χ3v) is 4.84. The van der Waals surface area contributed by atoms with Crippen molar-refractivity contribution in [2.45, 2.75) is 26.2 Å². The van der Waals surface area contributed by atoms with Crippen LogP contribution in [0.1, 0.15) is 24.0 Å². The van der Waals surface area contributed by atoms with Gasteiger partial charge in [-0.1, -0.05) is 30.3 Å². The number of rotatable bonds is 3. The predicted octanol–water partition coefficient (Wildman–Crippen LogP) is 4.60. The standard InChI is InChI=1S/C21H23N3O/c1-15-9-3-5-12-18(15)24-21-17(11-7-8-14-22-21)20(23-24)16-10-4-6-13-19(16)25-2/h3-6,9-10,12-13,22H,7-8,11,14H2,1-2H3. The number of nitrogens with one attached hydrogen (secondary N) is 1. The first-order chi connectivity index (χ1) is 12.3. The number of benzene rings is 2. The van der Waals surface area contributed by atoms with E-state index in [1.807, 2.05) is 18.2 Å². The average Bonchev–Trinajstić information content (AvgIpc) is 2.83. The zero-order valence-electron chi connectivity index (χ0n) is 14.7. The van der Waals surface area contributed by atoms with E-state index in [1.165, 1.54) is 24.0 Å². The molecule has 0 radical (unpaired) electrons. The van der Waals surface area contributed by atoms with Gasteiger partial charge in [0.05, 0.1) is 12.8 Å². The molecule has 0 aliphatic carbocycles. The zero-order valence-corrected chi connectivity index (χ0v) is 14.7. The van der Waals surface area contributed by atoms with Gasteiger partial charge < -0.3 is 10.1 Å². The van der Waals surface area contributed by atoms with Crippen LogP contribution in [-0.4, -0.2) is 23.4 Å². The Kier molecular flexibility index (Phi) is 4.18. The van der Waals surface area contributed by atoms with Crippen LogP contribution in [0.4, 0.5) is 5.82 Å². The second kappa shape index (κ2) is 6.63. The van der Waals surface area contributed by atoms with Crippen LogP contribution < -0.4 is 10.1 Å². The molecular formula is C21H23N3O. The Bertz CT molecular complexity index is 898. The summed E-state index contributed by atoms with van der Waals surface area (Å²) in [7, 11) is 1.72. The number of hydrogen-bond donors (Lipinski definition) is 1. The largest absolute Gasteiger partial charge is 0.496 e. The van der Waals surface area contributed by atoms with E-state index in [0.717, 1.165) is 41.5 Å². The lowest BCUT2D eigenvalue weighted by atomic mass is 10.0. The lowest BCUT2D eigenvalue weighted by molar-refractivity contribution is 0.416. The van der Waals surface area contributed by atoms with E-state index < -0.39 is 0 Å². The number of para-hydroxylation sites is 2. The van der Waals surface area contributed by atoms with E-state index in [2.05, 4.69) is 47.3 Å². The third-order valence-electron chi connectivity index (χ3n) is 4.84. The first kappa shape index (κ1) is 15.8. The van der Waals surface area contributed by atoms with Crippen LogP contribution in [0.3, 0.4) is 0 Å². The van der Waals surface area contributed by atoms with E-state index in [0.29, 0.717) is 0 Å². The molecule has 0 spiro atoms. The van der Waals surface area contributed by atoms with E-state index in [-0.39, 0.29) is 0 Å². The molecule has 0 saturated carbocycles. The Balaban J connectivity index is 1.96. The van der Waals surface area contributed by atoms with Crippen molar-refractivity contribution in [2.24, 2.45) is 0 Å². The van der Waals surface area contributed by atoms with Gasteiger partial charge in [0.1, 0.15) is 17.3 Å². The van der Waals surface area contributed by atoms with Gasteiger partial charge in [0.2, 0.25) is 0 Å². The molecule has 1 N–H and O–H groups in total. The lowest BCUT2D eigenvalue weighted by Crippen LogP contribution is -2.08. The molecule has 1 aliphatic heterocycles. The summed E-state index contributed by atoms with van der Waals surface area (Å²) in [6.07, 6.45) is 3.37. The number of fused-ring (bicyclic) bond motifs is 1. The predicted molar refractivity (Wildman–Crippen MR) is 102 cm³/mol. The van der Waals surface area contributed by atoms with Crippen molar-refractivity contribution in [3.63, 3.8) is 0 Å². The summed E-state index contributed by atoms with van der Waals surface area (Å²) in [6.45, 7) is 3.11. The van der Waals surface area contributed by atoms with Gasteiger partial charge in [0, 0.05) is 17.7 Å². The molecule has 4 nitrogen and oxygen atoms in total. The SMILES string of the molecule is COc1ccccc1-c1nn(-c2ccccc2C)c2c1CCCCN2. The molecule has 1 aliphatic rings. The molecule has 4 heteroatoms. The van der Waals surface area contributed by atoms with Crippen LogP contribution in [0.25, 0.3) is 16.9 Å². The highest BCUT2D eigenvalue weighted by Crippen LogP contribution is 2.38. The summed E-state index contributed by atoms with van der Waals surface area (Å²) in [4.78, 5) is 0. The summed E-state index contributed by atoms with van der Waals surface area (Å²) in [5.74, 6) is 1.98. The molecule has 0 atom stereocenters. The molecule has 0 fully saturated rings. The van der Waals surface area contributed by atoms with E-state index in [9.17, 15) is 0 Å². The highest BCUT2D eigenvalue weighted by Gasteiger charge is 2.23. The van der Waals surface area contributed by atoms with Gasteiger partial charge in [-0.3, -0.25) is 0 Å². The van der Waals surface area contributed by atoms with Gasteiger partial charge in [-0.15, -0.1) is 0 Å². The molecule has 0 unspecified atom stereocenters. The quantitative estimate of drug-likeness (QED) is 0.761. The molecule has 2 aromatic carbocycles. The second-order valence-corrected chi connectivity index (χ2v) is 6.46. The van der Waals surface area contributed by atoms with Crippen molar-refractivity contribution < 1.29 is 4.74 Å². The molecule has 0 saturated heterocycles. The van der Waals surface area contributed by atoms with Crippen molar-refractivity contribution in [1.82, 2.24) is 9.78 Å². The molecule has 4 rings (SSSR count). The molecule has 1 aromatic heterocycles. The Labute approximate surface area is 148 Å². The highest BCUT2D eigenvalue weighted by atomic mass is 16.5. The Morgan fingerprint density at radius 3 is 2.68 bits per heavy atom. The first-order valence-electron chi connectivity index (χ1n) is 8.85. The third kappa shape index (κ3) is 2.78. The lowest BCUT2D eigenvalue weighted by Gasteiger charge is -2.11. The van der Waals surface area contributed by atoms with Crippen LogP contribution in [-0.2, 0) is 6.42 Å². The van der Waals surface area contributed by atoms with Gasteiger partial charge in [0.15, 0.2) is 0 Å². The van der Waals surface area contributed by atoms with Gasteiger partial charge in [-0.25, -0.2) is 4.68 Å². The molecule has 128 valence electrons. The molecule has 0 bridgehead atoms. The molecule has 0 amide bonds. The average molecular weight is 333 g/mol. The van der Waals surface area contributed by atoms with Gasteiger partial charge in [-0.05, 0) is 49.9 Å². The number of anilines is 1. The maximum absolute atomic E-state index is 5.59. The van der Waals surface area contributed by atoms with Crippen LogP contribution in [0.2, 0.25) is 0 Å². The maximum atomic E-state index is 5.59. The van der Waals surface area contributed by atoms with E-state index >= 15 is 0 Å². The van der Waals surface area contributed by atoms with Crippen LogP contribution >= 0.6 is 0 Å². The Hall–Kier alpha value is -2.75. The summed E-state index contributed by atoms with van der Waals surface area (Å²) < 4.78 is 7.66. The van der Waals surface area contributed by atoms with E-state index in [4.69, 9.17) is 9.84 Å². The van der Waals surface area contributed by atoms with Crippen LogP contribution in [0, 0.1) is 6.92 Å². The fourth-order valence-corrected chi connectivity index (χ4v) is 3.53.